The first kappa shape index (κ1) is 15.7. The highest BCUT2D eigenvalue weighted by Crippen LogP contribution is 2.23. The molecule has 0 aromatic heterocycles. The lowest BCUT2D eigenvalue weighted by Crippen LogP contribution is -2.58. The van der Waals surface area contributed by atoms with E-state index >= 15 is 0 Å². The summed E-state index contributed by atoms with van der Waals surface area (Å²) in [5.41, 5.74) is 1.25. The van der Waals surface area contributed by atoms with Gasteiger partial charge in [0.05, 0.1) is 12.8 Å². The highest BCUT2D eigenvalue weighted by molar-refractivity contribution is 6.27. The number of nitrogens with one attached hydrogen (secondary N) is 1. The van der Waals surface area contributed by atoms with Crippen molar-refractivity contribution < 1.29 is 19.1 Å². The second-order valence-electron chi connectivity index (χ2n) is 5.41. The molecule has 1 N–H and O–H groups in total. The first-order valence-corrected chi connectivity index (χ1v) is 7.47. The fourth-order valence-electron chi connectivity index (χ4n) is 2.62. The molecular formula is C18H16N2O4. The molecule has 0 aliphatic carbocycles. The van der Waals surface area contributed by atoms with Crippen LogP contribution in [0.1, 0.15) is 5.56 Å². The molecule has 4 amide bonds. The Hall–Kier alpha value is -3.15. The molecule has 24 heavy (non-hydrogen) atoms. The molecular weight excluding hydrogens is 308 g/mol. The normalized spacial score (nSPS) is 17.6. The summed E-state index contributed by atoms with van der Waals surface area (Å²) < 4.78 is 5.09. The van der Waals surface area contributed by atoms with E-state index in [1.165, 1.54) is 0 Å². The Balaban J connectivity index is 1.85. The summed E-state index contributed by atoms with van der Waals surface area (Å²) in [7, 11) is 1.57. The van der Waals surface area contributed by atoms with Gasteiger partial charge in [-0.25, -0.2) is 9.69 Å². The monoisotopic (exact) mass is 324 g/mol. The molecule has 6 heteroatoms. The van der Waals surface area contributed by atoms with Crippen molar-refractivity contribution in [2.24, 2.45) is 5.92 Å². The van der Waals surface area contributed by atoms with Gasteiger partial charge in [0.2, 0.25) is 11.8 Å². The van der Waals surface area contributed by atoms with Crippen molar-refractivity contribution in [3.63, 3.8) is 0 Å². The zero-order chi connectivity index (χ0) is 17.1. The minimum atomic E-state index is -0.948. The number of urea groups is 1. The number of imide groups is 2. The molecule has 0 bridgehead atoms. The average Bonchev–Trinajstić information content (AvgIpc) is 2.60. The van der Waals surface area contributed by atoms with Crippen LogP contribution >= 0.6 is 0 Å². The predicted octanol–water partition coefficient (Wildman–Crippen LogP) is 2.14. The highest BCUT2D eigenvalue weighted by atomic mass is 16.5. The van der Waals surface area contributed by atoms with Crippen LogP contribution in [0, 0.1) is 5.92 Å². The van der Waals surface area contributed by atoms with Crippen molar-refractivity contribution in [2.75, 3.05) is 12.0 Å². The summed E-state index contributed by atoms with van der Waals surface area (Å²) in [6.45, 7) is 0. The molecule has 1 unspecified atom stereocenters. The van der Waals surface area contributed by atoms with Gasteiger partial charge in [-0.15, -0.1) is 0 Å². The Bertz CT molecular complexity index is 771. The van der Waals surface area contributed by atoms with Gasteiger partial charge in [-0.3, -0.25) is 14.9 Å². The zero-order valence-electron chi connectivity index (χ0n) is 13.1. The molecule has 2 aromatic carbocycles. The first-order chi connectivity index (χ1) is 11.6. The molecule has 1 heterocycles. The molecule has 3 rings (SSSR count). The highest BCUT2D eigenvalue weighted by Gasteiger charge is 2.41. The van der Waals surface area contributed by atoms with Gasteiger partial charge in [0.15, 0.2) is 0 Å². The van der Waals surface area contributed by atoms with Gasteiger partial charge in [0, 0.05) is 0 Å². The number of amides is 4. The van der Waals surface area contributed by atoms with Gasteiger partial charge in [-0.2, -0.15) is 0 Å². The number of ether oxygens (including phenoxy) is 1. The lowest BCUT2D eigenvalue weighted by atomic mass is 9.95. The van der Waals surface area contributed by atoms with Crippen LogP contribution in [-0.2, 0) is 16.0 Å². The molecule has 1 aliphatic heterocycles. The molecule has 1 atom stereocenters. The van der Waals surface area contributed by atoms with Crippen molar-refractivity contribution in [3.8, 4) is 5.75 Å². The van der Waals surface area contributed by atoms with Crippen molar-refractivity contribution in [1.29, 1.82) is 0 Å². The van der Waals surface area contributed by atoms with E-state index in [1.807, 2.05) is 0 Å². The van der Waals surface area contributed by atoms with Crippen molar-refractivity contribution in [2.45, 2.75) is 6.42 Å². The van der Waals surface area contributed by atoms with Gasteiger partial charge in [0.1, 0.15) is 11.7 Å². The average molecular weight is 324 g/mol. The molecule has 0 saturated carbocycles. The zero-order valence-corrected chi connectivity index (χ0v) is 13.1. The third-order valence-electron chi connectivity index (χ3n) is 3.88. The number of benzene rings is 2. The van der Waals surface area contributed by atoms with Crippen LogP contribution < -0.4 is 15.0 Å². The summed E-state index contributed by atoms with van der Waals surface area (Å²) in [6, 6.07) is 14.9. The third kappa shape index (κ3) is 2.99. The molecule has 0 radical (unpaired) electrons. The van der Waals surface area contributed by atoms with Crippen LogP contribution in [0.3, 0.4) is 0 Å². The second-order valence-corrected chi connectivity index (χ2v) is 5.41. The Morgan fingerprint density at radius 3 is 2.29 bits per heavy atom. The molecule has 122 valence electrons. The molecule has 1 aliphatic rings. The van der Waals surface area contributed by atoms with Gasteiger partial charge in [-0.1, -0.05) is 30.3 Å². The summed E-state index contributed by atoms with van der Waals surface area (Å²) >= 11 is 0. The lowest BCUT2D eigenvalue weighted by Gasteiger charge is -2.30. The number of rotatable bonds is 4. The Morgan fingerprint density at radius 1 is 1.00 bits per heavy atom. The van der Waals surface area contributed by atoms with Gasteiger partial charge in [-0.05, 0) is 36.2 Å². The topological polar surface area (TPSA) is 75.7 Å². The number of anilines is 1. The predicted molar refractivity (Wildman–Crippen MR) is 87.7 cm³/mol. The van der Waals surface area contributed by atoms with E-state index in [4.69, 9.17) is 4.74 Å². The lowest BCUT2D eigenvalue weighted by molar-refractivity contribution is -0.134. The number of methoxy groups -OCH3 is 1. The van der Waals surface area contributed by atoms with E-state index in [0.717, 1.165) is 10.5 Å². The maximum absolute atomic E-state index is 12.7. The van der Waals surface area contributed by atoms with E-state index < -0.39 is 23.8 Å². The number of hydrogen-bond donors (Lipinski definition) is 1. The van der Waals surface area contributed by atoms with Crippen LogP contribution in [0.4, 0.5) is 10.5 Å². The second kappa shape index (κ2) is 6.54. The Labute approximate surface area is 139 Å². The Morgan fingerprint density at radius 2 is 1.67 bits per heavy atom. The minimum absolute atomic E-state index is 0.214. The largest absolute Gasteiger partial charge is 0.497 e. The van der Waals surface area contributed by atoms with Crippen molar-refractivity contribution in [3.05, 3.63) is 60.2 Å². The van der Waals surface area contributed by atoms with Gasteiger partial charge < -0.3 is 4.74 Å². The maximum Gasteiger partial charge on any atom is 0.335 e. The number of barbiturate groups is 1. The third-order valence-corrected chi connectivity index (χ3v) is 3.88. The van der Waals surface area contributed by atoms with Crippen molar-refractivity contribution in [1.82, 2.24) is 5.32 Å². The van der Waals surface area contributed by atoms with Crippen LogP contribution in [-0.4, -0.2) is 25.0 Å². The summed E-state index contributed by atoms with van der Waals surface area (Å²) in [6.07, 6.45) is 0.214. The smallest absolute Gasteiger partial charge is 0.335 e. The number of nitrogens with zero attached hydrogens (tertiary/aromatic N) is 1. The summed E-state index contributed by atoms with van der Waals surface area (Å²) in [5, 5.41) is 2.25. The van der Waals surface area contributed by atoms with Crippen LogP contribution in [0.2, 0.25) is 0 Å². The van der Waals surface area contributed by atoms with Crippen LogP contribution in [0.15, 0.2) is 54.6 Å². The van der Waals surface area contributed by atoms with Gasteiger partial charge >= 0.3 is 6.03 Å². The SMILES string of the molecule is COc1ccc(CC2C(=O)NC(=O)N(c3ccccc3)C2=O)cc1. The molecule has 0 spiro atoms. The summed E-state index contributed by atoms with van der Waals surface area (Å²) in [4.78, 5) is 37.9. The molecule has 1 fully saturated rings. The molecule has 2 aromatic rings. The number of hydrogen-bond acceptors (Lipinski definition) is 4. The van der Waals surface area contributed by atoms with Crippen LogP contribution in [0.5, 0.6) is 5.75 Å². The van der Waals surface area contributed by atoms with Crippen molar-refractivity contribution >= 4 is 23.5 Å². The Kier molecular flexibility index (Phi) is 4.29. The fourth-order valence-corrected chi connectivity index (χ4v) is 2.62. The standard InChI is InChI=1S/C18H16N2O4/c1-24-14-9-7-12(8-10-14)11-15-16(21)19-18(23)20(17(15)22)13-5-3-2-4-6-13/h2-10,15H,11H2,1H3,(H,19,21,23). The van der Waals surface area contributed by atoms with E-state index in [-0.39, 0.29) is 6.42 Å². The molecule has 6 nitrogen and oxygen atoms in total. The number of carbonyl (C=O) groups excluding carboxylic acids is 3. The van der Waals surface area contributed by atoms with E-state index in [0.29, 0.717) is 11.4 Å². The van der Waals surface area contributed by atoms with Crippen LogP contribution in [0.25, 0.3) is 0 Å². The van der Waals surface area contributed by atoms with E-state index in [1.54, 1.807) is 61.7 Å². The summed E-state index contributed by atoms with van der Waals surface area (Å²) in [5.74, 6) is -1.35. The molecule has 1 saturated heterocycles. The number of para-hydroxylation sites is 1. The van der Waals surface area contributed by atoms with E-state index in [2.05, 4.69) is 5.32 Å². The first-order valence-electron chi connectivity index (χ1n) is 7.47. The maximum atomic E-state index is 12.7. The number of carbonyl (C=O) groups is 3. The van der Waals surface area contributed by atoms with Gasteiger partial charge in [0.25, 0.3) is 0 Å². The van der Waals surface area contributed by atoms with E-state index in [9.17, 15) is 14.4 Å². The fraction of sp³-hybridized carbons (Fsp3) is 0.167. The minimum Gasteiger partial charge on any atom is -0.497 e. The quantitative estimate of drug-likeness (QED) is 0.874.